The molecule has 1 heterocycles. The van der Waals surface area contributed by atoms with Crippen molar-refractivity contribution in [2.45, 2.75) is 0 Å². The number of benzene rings is 4. The van der Waals surface area contributed by atoms with E-state index >= 15 is 0 Å². The first kappa shape index (κ1) is 27.7. The maximum absolute atomic E-state index is 14.1. The van der Waals surface area contributed by atoms with Crippen molar-refractivity contribution >= 4 is 62.2 Å². The van der Waals surface area contributed by atoms with Crippen LogP contribution in [0.3, 0.4) is 0 Å². The number of hydrogen-bond acceptors (Lipinski definition) is 6. The highest BCUT2D eigenvalue weighted by Gasteiger charge is 2.21. The molecular weight excluding hydrogens is 619 g/mol. The van der Waals surface area contributed by atoms with E-state index in [0.29, 0.717) is 37.1 Å². The first-order valence-corrected chi connectivity index (χ1v) is 13.0. The van der Waals surface area contributed by atoms with E-state index in [1.807, 2.05) is 0 Å². The van der Waals surface area contributed by atoms with Crippen LogP contribution in [-0.2, 0) is 0 Å². The van der Waals surface area contributed by atoms with Crippen LogP contribution in [0, 0.1) is 15.9 Å². The van der Waals surface area contributed by atoms with E-state index in [9.17, 15) is 24.1 Å². The van der Waals surface area contributed by atoms with E-state index in [-0.39, 0.29) is 22.7 Å². The third kappa shape index (κ3) is 6.01. The zero-order chi connectivity index (χ0) is 29.1. The molecule has 5 rings (SSSR count). The number of nitrogens with zero attached hydrogens (tertiary/aromatic N) is 2. The van der Waals surface area contributed by atoms with E-state index in [2.05, 4.69) is 31.4 Å². The molecule has 0 saturated heterocycles. The molecule has 0 spiro atoms. The largest absolute Gasteiger partial charge is 0.422 e. The van der Waals surface area contributed by atoms with Gasteiger partial charge < -0.3 is 9.72 Å². The summed E-state index contributed by atoms with van der Waals surface area (Å²) < 4.78 is 20.2. The molecule has 12 heteroatoms. The second-order valence-electron chi connectivity index (χ2n) is 8.62. The normalized spacial score (nSPS) is 11.1. The van der Waals surface area contributed by atoms with Crippen LogP contribution in [0.25, 0.3) is 22.0 Å². The Labute approximate surface area is 244 Å². The number of halogens is 3. The van der Waals surface area contributed by atoms with Gasteiger partial charge in [0.05, 0.1) is 16.7 Å². The maximum Gasteiger partial charge on any atom is 0.343 e. The lowest BCUT2D eigenvalue weighted by atomic mass is 10.0. The number of nitrogens with one attached hydrogen (secondary N) is 2. The first-order chi connectivity index (χ1) is 19.7. The SMILES string of the molecule is O=C(Oc1ccc(Br)cc1C=NNC(=O)c1[nH]c2ccc(F)cc2c1-c1ccccc1Cl)c1ccc([N+](=O)[O-])cc1. The molecule has 0 bridgehead atoms. The van der Waals surface area contributed by atoms with Crippen molar-refractivity contribution < 1.29 is 23.6 Å². The lowest BCUT2D eigenvalue weighted by Gasteiger charge is -2.08. The number of hydrogen-bond donors (Lipinski definition) is 2. The van der Waals surface area contributed by atoms with Gasteiger partial charge in [-0.15, -0.1) is 0 Å². The van der Waals surface area contributed by atoms with Crippen molar-refractivity contribution in [2.75, 3.05) is 0 Å². The standard InChI is InChI=1S/C29H17BrClFN4O5/c30-18-7-12-25(41-29(38)16-5-9-20(10-6-16)36(39)40)17(13-18)15-33-35-28(37)27-26(21-3-1-2-4-23(21)31)22-14-19(32)8-11-24(22)34-27/h1-15,34H,(H,35,37). The number of hydrazone groups is 1. The number of amides is 1. The predicted octanol–water partition coefficient (Wildman–Crippen LogP) is 7.28. The topological polar surface area (TPSA) is 127 Å². The smallest absolute Gasteiger partial charge is 0.343 e. The average molecular weight is 636 g/mol. The summed E-state index contributed by atoms with van der Waals surface area (Å²) >= 11 is 9.76. The number of ether oxygens (including phenoxy) is 1. The summed E-state index contributed by atoms with van der Waals surface area (Å²) in [6, 6.07) is 20.8. The maximum atomic E-state index is 14.1. The zero-order valence-corrected chi connectivity index (χ0v) is 23.1. The van der Waals surface area contributed by atoms with E-state index in [0.717, 1.165) is 0 Å². The lowest BCUT2D eigenvalue weighted by Crippen LogP contribution is -2.19. The highest BCUT2D eigenvalue weighted by molar-refractivity contribution is 9.10. The van der Waals surface area contributed by atoms with Crippen LogP contribution >= 0.6 is 27.5 Å². The number of rotatable bonds is 7. The molecule has 4 aromatic carbocycles. The van der Waals surface area contributed by atoms with Crippen LogP contribution in [0.1, 0.15) is 26.4 Å². The van der Waals surface area contributed by atoms with Crippen LogP contribution in [0.15, 0.2) is 94.5 Å². The molecule has 204 valence electrons. The van der Waals surface area contributed by atoms with Crippen LogP contribution < -0.4 is 10.2 Å². The Kier molecular flexibility index (Phi) is 7.90. The molecule has 0 radical (unpaired) electrons. The molecule has 1 aromatic heterocycles. The van der Waals surface area contributed by atoms with Crippen molar-refractivity contribution in [3.05, 3.63) is 127 Å². The van der Waals surface area contributed by atoms with Gasteiger partial charge in [0.15, 0.2) is 0 Å². The molecule has 0 aliphatic carbocycles. The van der Waals surface area contributed by atoms with Gasteiger partial charge in [0, 0.05) is 49.2 Å². The van der Waals surface area contributed by atoms with Gasteiger partial charge >= 0.3 is 5.97 Å². The Morgan fingerprint density at radius 2 is 1.80 bits per heavy atom. The van der Waals surface area contributed by atoms with Gasteiger partial charge in [-0.2, -0.15) is 5.10 Å². The molecule has 9 nitrogen and oxygen atoms in total. The Bertz CT molecular complexity index is 1860. The quantitative estimate of drug-likeness (QED) is 0.0639. The summed E-state index contributed by atoms with van der Waals surface area (Å²) in [6.45, 7) is 0. The van der Waals surface area contributed by atoms with Gasteiger partial charge in [0.25, 0.3) is 11.6 Å². The Hall–Kier alpha value is -4.87. The van der Waals surface area contributed by atoms with Gasteiger partial charge in [-0.1, -0.05) is 45.7 Å². The molecule has 2 N–H and O–H groups in total. The average Bonchev–Trinajstić information content (AvgIpc) is 3.33. The number of carbonyl (C=O) groups is 2. The monoisotopic (exact) mass is 634 g/mol. The second-order valence-corrected chi connectivity index (χ2v) is 9.94. The number of nitro groups is 1. The number of aromatic amines is 1. The predicted molar refractivity (Wildman–Crippen MR) is 156 cm³/mol. The number of nitro benzene ring substituents is 1. The van der Waals surface area contributed by atoms with Crippen LogP contribution in [0.4, 0.5) is 10.1 Å². The lowest BCUT2D eigenvalue weighted by molar-refractivity contribution is -0.384. The highest BCUT2D eigenvalue weighted by atomic mass is 79.9. The molecule has 5 aromatic rings. The molecule has 0 saturated carbocycles. The summed E-state index contributed by atoms with van der Waals surface area (Å²) in [7, 11) is 0. The Morgan fingerprint density at radius 1 is 1.05 bits per heavy atom. The zero-order valence-electron chi connectivity index (χ0n) is 20.7. The minimum atomic E-state index is -0.740. The van der Waals surface area contributed by atoms with Crippen LogP contribution in [0.2, 0.25) is 5.02 Å². The number of non-ortho nitro benzene ring substituents is 1. The van der Waals surface area contributed by atoms with Gasteiger partial charge in [-0.25, -0.2) is 14.6 Å². The molecule has 0 aliphatic rings. The van der Waals surface area contributed by atoms with E-state index in [1.54, 1.807) is 36.4 Å². The Balaban J connectivity index is 1.41. The summed E-state index contributed by atoms with van der Waals surface area (Å²) in [5.74, 6) is -1.70. The fourth-order valence-electron chi connectivity index (χ4n) is 4.09. The van der Waals surface area contributed by atoms with Crippen molar-refractivity contribution in [1.82, 2.24) is 10.4 Å². The van der Waals surface area contributed by atoms with Crippen molar-refractivity contribution in [3.63, 3.8) is 0 Å². The first-order valence-electron chi connectivity index (χ1n) is 11.9. The van der Waals surface area contributed by atoms with E-state index in [4.69, 9.17) is 16.3 Å². The fourth-order valence-corrected chi connectivity index (χ4v) is 4.69. The summed E-state index contributed by atoms with van der Waals surface area (Å²) in [5.41, 5.74) is 4.34. The van der Waals surface area contributed by atoms with Crippen LogP contribution in [-0.4, -0.2) is 28.0 Å². The van der Waals surface area contributed by atoms with Gasteiger partial charge in [0.1, 0.15) is 17.3 Å². The number of fused-ring (bicyclic) bond motifs is 1. The summed E-state index contributed by atoms with van der Waals surface area (Å²) in [5, 5.41) is 15.8. The third-order valence-electron chi connectivity index (χ3n) is 5.99. The van der Waals surface area contributed by atoms with Gasteiger partial charge in [-0.3, -0.25) is 14.9 Å². The van der Waals surface area contributed by atoms with E-state index < -0.39 is 22.6 Å². The molecule has 0 unspecified atom stereocenters. The van der Waals surface area contributed by atoms with Crippen molar-refractivity contribution in [2.24, 2.45) is 5.10 Å². The summed E-state index contributed by atoms with van der Waals surface area (Å²) in [4.78, 5) is 39.2. The molecule has 41 heavy (non-hydrogen) atoms. The van der Waals surface area contributed by atoms with Crippen molar-refractivity contribution in [3.8, 4) is 16.9 Å². The number of aromatic nitrogens is 1. The minimum absolute atomic E-state index is 0.108. The highest BCUT2D eigenvalue weighted by Crippen LogP contribution is 2.37. The summed E-state index contributed by atoms with van der Waals surface area (Å²) in [6.07, 6.45) is 1.29. The van der Waals surface area contributed by atoms with Gasteiger partial charge in [-0.05, 0) is 54.6 Å². The van der Waals surface area contributed by atoms with Crippen LogP contribution in [0.5, 0.6) is 5.75 Å². The second kappa shape index (κ2) is 11.7. The third-order valence-corrected chi connectivity index (χ3v) is 6.81. The fraction of sp³-hybridized carbons (Fsp3) is 0. The molecule has 1 amide bonds. The molecule has 0 atom stereocenters. The molecule has 0 aliphatic heterocycles. The minimum Gasteiger partial charge on any atom is -0.422 e. The number of carbonyl (C=O) groups excluding carboxylic acids is 2. The molecule has 0 fully saturated rings. The van der Waals surface area contributed by atoms with Gasteiger partial charge in [0.2, 0.25) is 0 Å². The molecular formula is C29H17BrClFN4O5. The van der Waals surface area contributed by atoms with Crippen molar-refractivity contribution in [1.29, 1.82) is 0 Å². The van der Waals surface area contributed by atoms with E-state index in [1.165, 1.54) is 54.7 Å². The number of H-pyrrole nitrogens is 1. The number of esters is 1. The Morgan fingerprint density at radius 3 is 2.54 bits per heavy atom.